The molecular formula is C11H18N2. The highest BCUT2D eigenvalue weighted by molar-refractivity contribution is 5.24. The molecule has 2 heterocycles. The van der Waals surface area contributed by atoms with E-state index < -0.39 is 0 Å². The number of hydrogen-bond donors (Lipinski definition) is 2. The summed E-state index contributed by atoms with van der Waals surface area (Å²) in [6.07, 6.45) is 7.11. The molecule has 2 aliphatic rings. The van der Waals surface area contributed by atoms with E-state index in [1.54, 1.807) is 5.57 Å². The number of piperidine rings is 1. The summed E-state index contributed by atoms with van der Waals surface area (Å²) in [6.45, 7) is 5.55. The molecule has 0 aromatic heterocycles. The minimum absolute atomic E-state index is 0.818. The molecule has 2 nitrogen and oxygen atoms in total. The first kappa shape index (κ1) is 8.82. The fourth-order valence-corrected chi connectivity index (χ4v) is 2.06. The van der Waals surface area contributed by atoms with Crippen molar-refractivity contribution in [2.75, 3.05) is 19.6 Å². The van der Waals surface area contributed by atoms with Crippen LogP contribution in [-0.4, -0.2) is 19.6 Å². The van der Waals surface area contributed by atoms with Crippen LogP contribution in [0.4, 0.5) is 0 Å². The van der Waals surface area contributed by atoms with Crippen LogP contribution in [0.15, 0.2) is 23.4 Å². The Bertz CT molecular complexity index is 234. The molecule has 0 saturated carbocycles. The molecule has 1 saturated heterocycles. The number of hydrogen-bond acceptors (Lipinski definition) is 2. The van der Waals surface area contributed by atoms with Crippen LogP contribution >= 0.6 is 0 Å². The van der Waals surface area contributed by atoms with Crippen molar-refractivity contribution < 1.29 is 0 Å². The van der Waals surface area contributed by atoms with E-state index in [9.17, 15) is 0 Å². The highest BCUT2D eigenvalue weighted by atomic mass is 14.9. The molecule has 13 heavy (non-hydrogen) atoms. The lowest BCUT2D eigenvalue weighted by atomic mass is 9.88. The number of allylic oxidation sites excluding steroid dienone is 3. The van der Waals surface area contributed by atoms with Gasteiger partial charge in [0.05, 0.1) is 0 Å². The van der Waals surface area contributed by atoms with E-state index in [1.807, 2.05) is 0 Å². The van der Waals surface area contributed by atoms with E-state index in [1.165, 1.54) is 31.6 Å². The molecule has 0 amide bonds. The predicted octanol–water partition coefficient (Wildman–Crippen LogP) is 1.42. The summed E-state index contributed by atoms with van der Waals surface area (Å²) in [7, 11) is 0. The molecule has 0 aliphatic carbocycles. The fourth-order valence-electron chi connectivity index (χ4n) is 2.06. The van der Waals surface area contributed by atoms with Gasteiger partial charge in [0.1, 0.15) is 0 Å². The zero-order valence-corrected chi connectivity index (χ0v) is 8.27. The molecular weight excluding hydrogens is 160 g/mol. The first-order chi connectivity index (χ1) is 6.36. The van der Waals surface area contributed by atoms with Crippen molar-refractivity contribution in [1.29, 1.82) is 0 Å². The Kier molecular flexibility index (Phi) is 2.69. The Balaban J connectivity index is 1.99. The van der Waals surface area contributed by atoms with Gasteiger partial charge in [0.2, 0.25) is 0 Å². The Morgan fingerprint density at radius 3 is 2.62 bits per heavy atom. The average Bonchev–Trinajstić information content (AvgIpc) is 2.20. The van der Waals surface area contributed by atoms with E-state index in [0.29, 0.717) is 0 Å². The molecule has 0 radical (unpaired) electrons. The van der Waals surface area contributed by atoms with Crippen LogP contribution < -0.4 is 10.6 Å². The lowest BCUT2D eigenvalue weighted by molar-refractivity contribution is 0.412. The SMILES string of the molecule is CC1=CC=C(C2CCNCC2)CN1. The van der Waals surface area contributed by atoms with Gasteiger partial charge in [-0.2, -0.15) is 0 Å². The van der Waals surface area contributed by atoms with Gasteiger partial charge in [-0.3, -0.25) is 0 Å². The third-order valence-corrected chi connectivity index (χ3v) is 2.98. The van der Waals surface area contributed by atoms with Crippen LogP contribution in [0, 0.1) is 5.92 Å². The summed E-state index contributed by atoms with van der Waals surface area (Å²) in [4.78, 5) is 0. The minimum atomic E-state index is 0.818. The number of rotatable bonds is 1. The van der Waals surface area contributed by atoms with Crippen LogP contribution in [0.5, 0.6) is 0 Å². The second kappa shape index (κ2) is 3.97. The van der Waals surface area contributed by atoms with Crippen molar-refractivity contribution in [1.82, 2.24) is 10.6 Å². The van der Waals surface area contributed by atoms with Gasteiger partial charge in [-0.25, -0.2) is 0 Å². The summed E-state index contributed by atoms with van der Waals surface area (Å²) in [5.41, 5.74) is 2.88. The van der Waals surface area contributed by atoms with Crippen molar-refractivity contribution >= 4 is 0 Å². The van der Waals surface area contributed by atoms with Crippen molar-refractivity contribution in [3.05, 3.63) is 23.4 Å². The Hall–Kier alpha value is -0.760. The van der Waals surface area contributed by atoms with Crippen molar-refractivity contribution in [2.45, 2.75) is 19.8 Å². The van der Waals surface area contributed by atoms with Gasteiger partial charge >= 0.3 is 0 Å². The monoisotopic (exact) mass is 178 g/mol. The Morgan fingerprint density at radius 2 is 2.00 bits per heavy atom. The zero-order valence-electron chi connectivity index (χ0n) is 8.27. The Labute approximate surface area is 80.1 Å². The van der Waals surface area contributed by atoms with Crippen LogP contribution in [0.1, 0.15) is 19.8 Å². The van der Waals surface area contributed by atoms with Gasteiger partial charge < -0.3 is 10.6 Å². The summed E-state index contributed by atoms with van der Waals surface area (Å²) in [5.74, 6) is 0.818. The summed E-state index contributed by atoms with van der Waals surface area (Å²) in [5, 5.41) is 6.80. The third kappa shape index (κ3) is 2.13. The van der Waals surface area contributed by atoms with Crippen LogP contribution in [0.25, 0.3) is 0 Å². The molecule has 1 fully saturated rings. The van der Waals surface area contributed by atoms with Gasteiger partial charge in [0.25, 0.3) is 0 Å². The number of nitrogens with one attached hydrogen (secondary N) is 2. The first-order valence-electron chi connectivity index (χ1n) is 5.18. The standard InChI is InChI=1S/C11H18N2/c1-9-2-3-11(8-13-9)10-4-6-12-7-5-10/h2-3,10,12-13H,4-8H2,1H3. The molecule has 0 aromatic rings. The van der Waals surface area contributed by atoms with Crippen molar-refractivity contribution in [3.63, 3.8) is 0 Å². The second-order valence-electron chi connectivity index (χ2n) is 3.97. The molecule has 0 atom stereocenters. The summed E-state index contributed by atoms with van der Waals surface area (Å²) >= 11 is 0. The quantitative estimate of drug-likeness (QED) is 0.634. The van der Waals surface area contributed by atoms with E-state index in [0.717, 1.165) is 12.5 Å². The fraction of sp³-hybridized carbons (Fsp3) is 0.636. The van der Waals surface area contributed by atoms with E-state index in [2.05, 4.69) is 29.7 Å². The highest BCUT2D eigenvalue weighted by Crippen LogP contribution is 2.22. The largest absolute Gasteiger partial charge is 0.385 e. The second-order valence-corrected chi connectivity index (χ2v) is 3.97. The summed E-state index contributed by atoms with van der Waals surface area (Å²) in [6, 6.07) is 0. The molecule has 0 spiro atoms. The van der Waals surface area contributed by atoms with Gasteiger partial charge in [-0.15, -0.1) is 0 Å². The lowest BCUT2D eigenvalue weighted by Gasteiger charge is -2.27. The molecule has 2 heteroatoms. The van der Waals surface area contributed by atoms with Gasteiger partial charge in [0, 0.05) is 12.2 Å². The Morgan fingerprint density at radius 1 is 1.23 bits per heavy atom. The molecule has 2 N–H and O–H groups in total. The van der Waals surface area contributed by atoms with Gasteiger partial charge in [-0.05, 0) is 50.4 Å². The zero-order chi connectivity index (χ0) is 9.10. The molecule has 0 aromatic carbocycles. The van der Waals surface area contributed by atoms with E-state index >= 15 is 0 Å². The maximum atomic E-state index is 3.40. The first-order valence-corrected chi connectivity index (χ1v) is 5.18. The third-order valence-electron chi connectivity index (χ3n) is 2.98. The summed E-state index contributed by atoms with van der Waals surface area (Å²) < 4.78 is 0. The van der Waals surface area contributed by atoms with Crippen LogP contribution in [-0.2, 0) is 0 Å². The molecule has 2 rings (SSSR count). The molecule has 0 unspecified atom stereocenters. The molecule has 0 bridgehead atoms. The average molecular weight is 178 g/mol. The molecule has 72 valence electrons. The van der Waals surface area contributed by atoms with Crippen molar-refractivity contribution in [2.24, 2.45) is 5.92 Å². The lowest BCUT2D eigenvalue weighted by Crippen LogP contribution is -2.31. The topological polar surface area (TPSA) is 24.1 Å². The van der Waals surface area contributed by atoms with Crippen LogP contribution in [0.3, 0.4) is 0 Å². The highest BCUT2D eigenvalue weighted by Gasteiger charge is 2.17. The maximum absolute atomic E-state index is 3.40. The normalized spacial score (nSPS) is 24.7. The van der Waals surface area contributed by atoms with E-state index in [-0.39, 0.29) is 0 Å². The minimum Gasteiger partial charge on any atom is -0.385 e. The number of dihydropyridines is 1. The van der Waals surface area contributed by atoms with Crippen LogP contribution in [0.2, 0.25) is 0 Å². The van der Waals surface area contributed by atoms with Gasteiger partial charge in [-0.1, -0.05) is 6.08 Å². The maximum Gasteiger partial charge on any atom is 0.0362 e. The molecule has 2 aliphatic heterocycles. The predicted molar refractivity (Wildman–Crippen MR) is 55.4 cm³/mol. The van der Waals surface area contributed by atoms with Crippen molar-refractivity contribution in [3.8, 4) is 0 Å². The van der Waals surface area contributed by atoms with E-state index in [4.69, 9.17) is 0 Å². The van der Waals surface area contributed by atoms with Gasteiger partial charge in [0.15, 0.2) is 0 Å². The smallest absolute Gasteiger partial charge is 0.0362 e.